The molecule has 2 heterocycles. The van der Waals surface area contributed by atoms with Gasteiger partial charge in [-0.3, -0.25) is 14.7 Å². The van der Waals surface area contributed by atoms with Crippen LogP contribution in [0.2, 0.25) is 0 Å². The van der Waals surface area contributed by atoms with E-state index in [0.29, 0.717) is 18.0 Å². The van der Waals surface area contributed by atoms with Gasteiger partial charge < -0.3 is 5.32 Å². The molecule has 0 bridgehead atoms. The summed E-state index contributed by atoms with van der Waals surface area (Å²) in [5.41, 5.74) is 1.77. The molecule has 0 unspecified atom stereocenters. The molecule has 1 aliphatic rings. The molecule has 0 aliphatic carbocycles. The zero-order valence-electron chi connectivity index (χ0n) is 13.6. The molecule has 0 radical (unpaired) electrons. The van der Waals surface area contributed by atoms with Gasteiger partial charge in [-0.2, -0.15) is 0 Å². The molecule has 1 fully saturated rings. The van der Waals surface area contributed by atoms with Crippen molar-refractivity contribution < 1.29 is 9.18 Å². The number of piperidine rings is 1. The summed E-state index contributed by atoms with van der Waals surface area (Å²) in [6, 6.07) is 9.74. The minimum Gasteiger partial charge on any atom is -0.352 e. The molecule has 1 amide bonds. The Morgan fingerprint density at radius 1 is 1.21 bits per heavy atom. The maximum atomic E-state index is 12.9. The molecule has 1 saturated heterocycles. The summed E-state index contributed by atoms with van der Waals surface area (Å²) >= 11 is 0. The summed E-state index contributed by atoms with van der Waals surface area (Å²) in [4.78, 5) is 18.6. The predicted octanol–water partition coefficient (Wildman–Crippen LogP) is 2.86. The topological polar surface area (TPSA) is 45.2 Å². The summed E-state index contributed by atoms with van der Waals surface area (Å²) < 4.78 is 12.9. The van der Waals surface area contributed by atoms with Crippen LogP contribution in [-0.2, 0) is 6.54 Å². The minimum absolute atomic E-state index is 0.138. The Bertz CT molecular complexity index is 660. The van der Waals surface area contributed by atoms with Crippen LogP contribution in [-0.4, -0.2) is 35.4 Å². The summed E-state index contributed by atoms with van der Waals surface area (Å²) in [6.45, 7) is 3.64. The van der Waals surface area contributed by atoms with Crippen molar-refractivity contribution in [2.75, 3.05) is 19.6 Å². The van der Waals surface area contributed by atoms with Gasteiger partial charge >= 0.3 is 0 Å². The number of aromatic nitrogens is 1. The average Bonchev–Trinajstić information content (AvgIpc) is 2.61. The molecule has 1 aliphatic heterocycles. The molecule has 1 atom stereocenters. The van der Waals surface area contributed by atoms with Gasteiger partial charge in [-0.1, -0.05) is 0 Å². The van der Waals surface area contributed by atoms with Crippen LogP contribution in [0.15, 0.2) is 48.8 Å². The summed E-state index contributed by atoms with van der Waals surface area (Å²) in [7, 11) is 0. The zero-order chi connectivity index (χ0) is 16.8. The third-order valence-corrected chi connectivity index (χ3v) is 4.42. The molecule has 4 nitrogen and oxygen atoms in total. The van der Waals surface area contributed by atoms with Crippen molar-refractivity contribution in [3.8, 4) is 0 Å². The van der Waals surface area contributed by atoms with E-state index in [0.717, 1.165) is 32.5 Å². The van der Waals surface area contributed by atoms with E-state index in [9.17, 15) is 9.18 Å². The van der Waals surface area contributed by atoms with Crippen molar-refractivity contribution in [3.05, 3.63) is 65.7 Å². The lowest BCUT2D eigenvalue weighted by Gasteiger charge is -2.32. The highest BCUT2D eigenvalue weighted by Gasteiger charge is 2.20. The van der Waals surface area contributed by atoms with Gasteiger partial charge in [0.25, 0.3) is 5.91 Å². The van der Waals surface area contributed by atoms with Gasteiger partial charge in [0.1, 0.15) is 5.82 Å². The Morgan fingerprint density at radius 3 is 2.71 bits per heavy atom. The number of carbonyl (C=O) groups excluding carboxylic acids is 1. The van der Waals surface area contributed by atoms with Gasteiger partial charge in [0.15, 0.2) is 0 Å². The molecule has 0 spiro atoms. The van der Waals surface area contributed by atoms with Crippen molar-refractivity contribution >= 4 is 5.91 Å². The van der Waals surface area contributed by atoms with Crippen LogP contribution >= 0.6 is 0 Å². The highest BCUT2D eigenvalue weighted by molar-refractivity contribution is 5.94. The third kappa shape index (κ3) is 4.61. The molecule has 2 aromatic rings. The standard InChI is InChI=1S/C19H22FN3O/c20-18-5-3-17(4-6-18)19(24)22-12-16-2-1-11-23(14-16)13-15-7-9-21-10-8-15/h3-10,16H,1-2,11-14H2,(H,22,24)/t16-/m0/s1. The first-order valence-electron chi connectivity index (χ1n) is 8.36. The molecule has 24 heavy (non-hydrogen) atoms. The van der Waals surface area contributed by atoms with E-state index in [1.807, 2.05) is 24.5 Å². The van der Waals surface area contributed by atoms with Crippen molar-refractivity contribution in [2.24, 2.45) is 5.92 Å². The Hall–Kier alpha value is -2.27. The van der Waals surface area contributed by atoms with E-state index in [-0.39, 0.29) is 11.7 Å². The summed E-state index contributed by atoms with van der Waals surface area (Å²) in [6.07, 6.45) is 5.90. The monoisotopic (exact) mass is 327 g/mol. The quantitative estimate of drug-likeness (QED) is 0.918. The van der Waals surface area contributed by atoms with Gasteiger partial charge in [-0.15, -0.1) is 0 Å². The van der Waals surface area contributed by atoms with Gasteiger partial charge in [0, 0.05) is 37.6 Å². The van der Waals surface area contributed by atoms with Crippen molar-refractivity contribution in [1.29, 1.82) is 0 Å². The summed E-state index contributed by atoms with van der Waals surface area (Å²) in [5, 5.41) is 2.97. The average molecular weight is 327 g/mol. The first kappa shape index (κ1) is 16.6. The van der Waals surface area contributed by atoms with Gasteiger partial charge in [-0.05, 0) is 67.3 Å². The molecular weight excluding hydrogens is 305 g/mol. The van der Waals surface area contributed by atoms with Crippen molar-refractivity contribution in [3.63, 3.8) is 0 Å². The number of carbonyl (C=O) groups is 1. The lowest BCUT2D eigenvalue weighted by molar-refractivity contribution is 0.0930. The molecule has 0 saturated carbocycles. The van der Waals surface area contributed by atoms with E-state index in [1.165, 1.54) is 29.8 Å². The molecule has 1 aromatic carbocycles. The normalized spacial score (nSPS) is 18.3. The zero-order valence-corrected chi connectivity index (χ0v) is 13.6. The second kappa shape index (κ2) is 8.02. The number of rotatable bonds is 5. The fourth-order valence-corrected chi connectivity index (χ4v) is 3.15. The maximum absolute atomic E-state index is 12.9. The van der Waals surface area contributed by atoms with Crippen molar-refractivity contribution in [1.82, 2.24) is 15.2 Å². The fourth-order valence-electron chi connectivity index (χ4n) is 3.15. The van der Waals surface area contributed by atoms with Gasteiger partial charge in [0.2, 0.25) is 0 Å². The van der Waals surface area contributed by atoms with Gasteiger partial charge in [-0.25, -0.2) is 4.39 Å². The number of amides is 1. The molecule has 1 aromatic heterocycles. The number of nitrogens with zero attached hydrogens (tertiary/aromatic N) is 2. The Kier molecular flexibility index (Phi) is 5.54. The third-order valence-electron chi connectivity index (χ3n) is 4.42. The minimum atomic E-state index is -0.328. The van der Waals surface area contributed by atoms with Crippen LogP contribution in [0.4, 0.5) is 4.39 Å². The van der Waals surface area contributed by atoms with Crippen LogP contribution in [0, 0.1) is 11.7 Å². The highest BCUT2D eigenvalue weighted by Crippen LogP contribution is 2.18. The molecule has 5 heteroatoms. The molecular formula is C19H22FN3O. The van der Waals surface area contributed by atoms with E-state index < -0.39 is 0 Å². The van der Waals surface area contributed by atoms with Crippen LogP contribution < -0.4 is 5.32 Å². The lowest BCUT2D eigenvalue weighted by Crippen LogP contribution is -2.40. The number of hydrogen-bond acceptors (Lipinski definition) is 3. The Balaban J connectivity index is 1.48. The molecule has 3 rings (SSSR count). The van der Waals surface area contributed by atoms with Gasteiger partial charge in [0.05, 0.1) is 0 Å². The van der Waals surface area contributed by atoms with E-state index >= 15 is 0 Å². The number of nitrogens with one attached hydrogen (secondary N) is 1. The maximum Gasteiger partial charge on any atom is 0.251 e. The Labute approximate surface area is 141 Å². The van der Waals surface area contributed by atoms with E-state index in [1.54, 1.807) is 0 Å². The number of benzene rings is 1. The smallest absolute Gasteiger partial charge is 0.251 e. The lowest BCUT2D eigenvalue weighted by atomic mass is 9.97. The van der Waals surface area contributed by atoms with E-state index in [4.69, 9.17) is 0 Å². The molecule has 126 valence electrons. The Morgan fingerprint density at radius 2 is 1.96 bits per heavy atom. The van der Waals surface area contributed by atoms with Crippen LogP contribution in [0.25, 0.3) is 0 Å². The molecule has 1 N–H and O–H groups in total. The largest absolute Gasteiger partial charge is 0.352 e. The number of hydrogen-bond donors (Lipinski definition) is 1. The first-order valence-corrected chi connectivity index (χ1v) is 8.36. The van der Waals surface area contributed by atoms with Crippen molar-refractivity contribution in [2.45, 2.75) is 19.4 Å². The fraction of sp³-hybridized carbons (Fsp3) is 0.368. The highest BCUT2D eigenvalue weighted by atomic mass is 19.1. The second-order valence-corrected chi connectivity index (χ2v) is 6.32. The first-order chi connectivity index (χ1) is 11.7. The number of halogens is 1. The second-order valence-electron chi connectivity index (χ2n) is 6.32. The van der Waals surface area contributed by atoms with E-state index in [2.05, 4.69) is 15.2 Å². The SMILES string of the molecule is O=C(NC[C@@H]1CCCN(Cc2ccncc2)C1)c1ccc(F)cc1. The predicted molar refractivity (Wildman–Crippen MR) is 91.0 cm³/mol. The van der Waals surface area contributed by atoms with Crippen LogP contribution in [0.1, 0.15) is 28.8 Å². The van der Waals surface area contributed by atoms with Crippen LogP contribution in [0.5, 0.6) is 0 Å². The summed E-state index contributed by atoms with van der Waals surface area (Å²) in [5.74, 6) is -0.0168. The van der Waals surface area contributed by atoms with Crippen LogP contribution in [0.3, 0.4) is 0 Å². The number of pyridine rings is 1. The number of likely N-dealkylation sites (tertiary alicyclic amines) is 1.